The van der Waals surface area contributed by atoms with Gasteiger partial charge in [0.1, 0.15) is 5.75 Å². The summed E-state index contributed by atoms with van der Waals surface area (Å²) in [6.45, 7) is 4.28. The van der Waals surface area contributed by atoms with Crippen molar-refractivity contribution < 1.29 is 9.53 Å². The van der Waals surface area contributed by atoms with E-state index in [1.807, 2.05) is 31.0 Å². The highest BCUT2D eigenvalue weighted by molar-refractivity contribution is 5.76. The number of carbonyl (C=O) groups excluding carboxylic acids is 1. The minimum atomic E-state index is 0.174. The summed E-state index contributed by atoms with van der Waals surface area (Å²) >= 11 is 0. The molecule has 0 spiro atoms. The second-order valence-corrected chi connectivity index (χ2v) is 5.14. The number of ether oxygens (including phenoxy) is 1. The largest absolute Gasteiger partial charge is 0.494 e. The molecule has 0 aliphatic carbocycles. The zero-order valence-corrected chi connectivity index (χ0v) is 12.4. The minimum absolute atomic E-state index is 0.174. The van der Waals surface area contributed by atoms with Gasteiger partial charge in [0.25, 0.3) is 0 Å². The summed E-state index contributed by atoms with van der Waals surface area (Å²) in [5.74, 6) is 1.17. The van der Waals surface area contributed by atoms with Crippen LogP contribution in [-0.2, 0) is 4.79 Å². The normalized spacial score (nSPS) is 17.1. The molecule has 1 unspecified atom stereocenters. The van der Waals surface area contributed by atoms with Crippen LogP contribution in [-0.4, -0.2) is 37.6 Å². The van der Waals surface area contributed by atoms with Crippen LogP contribution in [0.3, 0.4) is 0 Å². The Kier molecular flexibility index (Phi) is 5.41. The highest BCUT2D eigenvalue weighted by Gasteiger charge is 2.21. The maximum absolute atomic E-state index is 11.9. The van der Waals surface area contributed by atoms with E-state index in [2.05, 4.69) is 17.4 Å². The number of piperidine rings is 1. The van der Waals surface area contributed by atoms with Gasteiger partial charge in [0.2, 0.25) is 5.91 Å². The SMILES string of the molecule is CCOc1ccc(C(CN2CCCCC2=O)NC)cc1. The zero-order chi connectivity index (χ0) is 14.4. The summed E-state index contributed by atoms with van der Waals surface area (Å²) in [4.78, 5) is 13.9. The van der Waals surface area contributed by atoms with E-state index >= 15 is 0 Å². The average molecular weight is 276 g/mol. The van der Waals surface area contributed by atoms with Gasteiger partial charge in [0.15, 0.2) is 0 Å². The van der Waals surface area contributed by atoms with Gasteiger partial charge in [-0.3, -0.25) is 4.79 Å². The second-order valence-electron chi connectivity index (χ2n) is 5.14. The van der Waals surface area contributed by atoms with Gasteiger partial charge in [0, 0.05) is 25.6 Å². The van der Waals surface area contributed by atoms with Crippen molar-refractivity contribution in [1.29, 1.82) is 0 Å². The van der Waals surface area contributed by atoms with Gasteiger partial charge in [0.05, 0.1) is 6.61 Å². The lowest BCUT2D eigenvalue weighted by Crippen LogP contribution is -2.40. The molecule has 1 N–H and O–H groups in total. The lowest BCUT2D eigenvalue weighted by atomic mass is 10.0. The molecule has 1 aromatic carbocycles. The zero-order valence-electron chi connectivity index (χ0n) is 12.4. The van der Waals surface area contributed by atoms with Crippen molar-refractivity contribution in [2.75, 3.05) is 26.7 Å². The van der Waals surface area contributed by atoms with Crippen LogP contribution >= 0.6 is 0 Å². The third-order valence-corrected chi connectivity index (χ3v) is 3.77. The topological polar surface area (TPSA) is 41.6 Å². The van der Waals surface area contributed by atoms with E-state index in [-0.39, 0.29) is 11.9 Å². The molecule has 2 rings (SSSR count). The molecular formula is C16H24N2O2. The smallest absolute Gasteiger partial charge is 0.222 e. The van der Waals surface area contributed by atoms with E-state index < -0.39 is 0 Å². The number of nitrogens with zero attached hydrogens (tertiary/aromatic N) is 1. The molecule has 0 radical (unpaired) electrons. The number of amides is 1. The Hall–Kier alpha value is -1.55. The molecule has 1 aromatic rings. The molecule has 1 atom stereocenters. The molecule has 4 nitrogen and oxygen atoms in total. The Bertz CT molecular complexity index is 431. The van der Waals surface area contributed by atoms with E-state index in [0.29, 0.717) is 13.0 Å². The standard InChI is InChI=1S/C16H24N2O2/c1-3-20-14-9-7-13(8-10-14)15(17-2)12-18-11-5-4-6-16(18)19/h7-10,15,17H,3-6,11-12H2,1-2H3. The Balaban J connectivity index is 2.01. The van der Waals surface area contributed by atoms with E-state index in [9.17, 15) is 4.79 Å². The van der Waals surface area contributed by atoms with Gasteiger partial charge < -0.3 is 15.0 Å². The Morgan fingerprint density at radius 3 is 2.65 bits per heavy atom. The van der Waals surface area contributed by atoms with Crippen LogP contribution in [0, 0.1) is 0 Å². The summed E-state index contributed by atoms with van der Waals surface area (Å²) in [7, 11) is 1.94. The van der Waals surface area contributed by atoms with Gasteiger partial charge >= 0.3 is 0 Å². The van der Waals surface area contributed by atoms with E-state index in [4.69, 9.17) is 4.74 Å². The van der Waals surface area contributed by atoms with Gasteiger partial charge in [-0.25, -0.2) is 0 Å². The molecule has 1 saturated heterocycles. The molecule has 1 fully saturated rings. The first-order chi connectivity index (χ1) is 9.74. The first-order valence-corrected chi connectivity index (χ1v) is 7.42. The molecule has 0 aromatic heterocycles. The number of carbonyl (C=O) groups is 1. The molecule has 1 aliphatic rings. The van der Waals surface area contributed by atoms with E-state index in [1.54, 1.807) is 0 Å². The highest BCUT2D eigenvalue weighted by Crippen LogP contribution is 2.20. The van der Waals surface area contributed by atoms with Crippen LogP contribution < -0.4 is 10.1 Å². The lowest BCUT2D eigenvalue weighted by molar-refractivity contribution is -0.133. The Morgan fingerprint density at radius 2 is 2.05 bits per heavy atom. The predicted octanol–water partition coefficient (Wildman–Crippen LogP) is 2.36. The molecule has 0 saturated carbocycles. The number of hydrogen-bond donors (Lipinski definition) is 1. The van der Waals surface area contributed by atoms with Crippen molar-refractivity contribution in [3.05, 3.63) is 29.8 Å². The van der Waals surface area contributed by atoms with Crippen molar-refractivity contribution in [1.82, 2.24) is 10.2 Å². The molecule has 0 bridgehead atoms. The number of benzene rings is 1. The Morgan fingerprint density at radius 1 is 1.30 bits per heavy atom. The lowest BCUT2D eigenvalue weighted by Gasteiger charge is -2.30. The average Bonchev–Trinajstić information content (AvgIpc) is 2.48. The minimum Gasteiger partial charge on any atom is -0.494 e. The number of likely N-dealkylation sites (tertiary alicyclic amines) is 1. The van der Waals surface area contributed by atoms with Gasteiger partial charge in [-0.1, -0.05) is 12.1 Å². The summed E-state index contributed by atoms with van der Waals surface area (Å²) in [6, 6.07) is 8.29. The summed E-state index contributed by atoms with van der Waals surface area (Å²) in [5.41, 5.74) is 1.19. The van der Waals surface area contributed by atoms with Gasteiger partial charge in [-0.2, -0.15) is 0 Å². The quantitative estimate of drug-likeness (QED) is 0.867. The van der Waals surface area contributed by atoms with Gasteiger partial charge in [-0.05, 0) is 44.5 Å². The third kappa shape index (κ3) is 3.73. The van der Waals surface area contributed by atoms with Crippen molar-refractivity contribution in [3.63, 3.8) is 0 Å². The first kappa shape index (κ1) is 14.9. The van der Waals surface area contributed by atoms with Crippen LogP contribution in [0.25, 0.3) is 0 Å². The van der Waals surface area contributed by atoms with E-state index in [0.717, 1.165) is 31.7 Å². The monoisotopic (exact) mass is 276 g/mol. The molecular weight excluding hydrogens is 252 g/mol. The maximum atomic E-state index is 11.9. The summed E-state index contributed by atoms with van der Waals surface area (Å²) in [6.07, 6.45) is 2.84. The molecule has 1 aliphatic heterocycles. The highest BCUT2D eigenvalue weighted by atomic mass is 16.5. The van der Waals surface area contributed by atoms with E-state index in [1.165, 1.54) is 5.56 Å². The van der Waals surface area contributed by atoms with Crippen molar-refractivity contribution >= 4 is 5.91 Å². The van der Waals surface area contributed by atoms with Crippen LogP contribution in [0.2, 0.25) is 0 Å². The fourth-order valence-electron chi connectivity index (χ4n) is 2.60. The van der Waals surface area contributed by atoms with Crippen molar-refractivity contribution in [2.24, 2.45) is 0 Å². The Labute approximate surface area is 121 Å². The number of hydrogen-bond acceptors (Lipinski definition) is 3. The number of rotatable bonds is 6. The number of likely N-dealkylation sites (N-methyl/N-ethyl adjacent to an activating group) is 1. The van der Waals surface area contributed by atoms with Gasteiger partial charge in [-0.15, -0.1) is 0 Å². The molecule has 1 amide bonds. The second kappa shape index (κ2) is 7.29. The third-order valence-electron chi connectivity index (χ3n) is 3.77. The molecule has 20 heavy (non-hydrogen) atoms. The van der Waals surface area contributed by atoms with Crippen molar-refractivity contribution in [3.8, 4) is 5.75 Å². The van der Waals surface area contributed by atoms with Crippen LogP contribution in [0.15, 0.2) is 24.3 Å². The fourth-order valence-corrected chi connectivity index (χ4v) is 2.60. The summed E-state index contributed by atoms with van der Waals surface area (Å²) in [5, 5.41) is 3.30. The van der Waals surface area contributed by atoms with Crippen molar-refractivity contribution in [2.45, 2.75) is 32.2 Å². The molecule has 1 heterocycles. The number of nitrogens with one attached hydrogen (secondary N) is 1. The summed E-state index contributed by atoms with van der Waals surface area (Å²) < 4.78 is 5.46. The van der Waals surface area contributed by atoms with Crippen LogP contribution in [0.4, 0.5) is 0 Å². The maximum Gasteiger partial charge on any atom is 0.222 e. The van der Waals surface area contributed by atoms with Crippen LogP contribution in [0.5, 0.6) is 5.75 Å². The molecule has 110 valence electrons. The molecule has 4 heteroatoms. The first-order valence-electron chi connectivity index (χ1n) is 7.42. The predicted molar refractivity (Wildman–Crippen MR) is 79.8 cm³/mol. The fraction of sp³-hybridized carbons (Fsp3) is 0.562. The van der Waals surface area contributed by atoms with Crippen LogP contribution in [0.1, 0.15) is 37.8 Å².